The molecule has 1 N–H and O–H groups in total. The zero-order valence-electron chi connectivity index (χ0n) is 9.51. The van der Waals surface area contributed by atoms with E-state index in [9.17, 15) is 0 Å². The maximum atomic E-state index is 3.43. The van der Waals surface area contributed by atoms with Crippen molar-refractivity contribution in [2.24, 2.45) is 5.92 Å². The molecular formula is C11H24N2. The molecule has 0 aromatic carbocycles. The molecule has 0 unspecified atom stereocenters. The molecule has 0 heterocycles. The quantitative estimate of drug-likeness (QED) is 0.479. The van der Waals surface area contributed by atoms with Gasteiger partial charge in [0.1, 0.15) is 0 Å². The van der Waals surface area contributed by atoms with Gasteiger partial charge in [-0.25, -0.2) is 0 Å². The van der Waals surface area contributed by atoms with E-state index in [1.165, 1.54) is 0 Å². The van der Waals surface area contributed by atoms with Gasteiger partial charge in [0.2, 0.25) is 0 Å². The summed E-state index contributed by atoms with van der Waals surface area (Å²) in [5.74, 6) is 0.751. The summed E-state index contributed by atoms with van der Waals surface area (Å²) in [4.78, 5) is 2.31. The second-order valence-electron chi connectivity index (χ2n) is 3.93. The lowest BCUT2D eigenvalue weighted by molar-refractivity contribution is 0.361. The van der Waals surface area contributed by atoms with E-state index in [0.29, 0.717) is 0 Å². The fourth-order valence-electron chi connectivity index (χ4n) is 1.04. The normalized spacial score (nSPS) is 12.2. The predicted octanol–water partition coefficient (Wildman–Crippen LogP) is 1.74. The third-order valence-electron chi connectivity index (χ3n) is 1.88. The fourth-order valence-corrected chi connectivity index (χ4v) is 1.04. The Labute approximate surface area is 83.0 Å². The molecular weight excluding hydrogens is 160 g/mol. The van der Waals surface area contributed by atoms with Gasteiger partial charge >= 0.3 is 0 Å². The van der Waals surface area contributed by atoms with Crippen molar-refractivity contribution in [2.75, 3.05) is 33.2 Å². The van der Waals surface area contributed by atoms with Crippen LogP contribution >= 0.6 is 0 Å². The van der Waals surface area contributed by atoms with E-state index >= 15 is 0 Å². The maximum absolute atomic E-state index is 3.43. The average molecular weight is 184 g/mol. The smallest absolute Gasteiger partial charge is 0.0160 e. The van der Waals surface area contributed by atoms with E-state index in [-0.39, 0.29) is 0 Å². The lowest BCUT2D eigenvalue weighted by Crippen LogP contribution is -2.31. The van der Waals surface area contributed by atoms with E-state index < -0.39 is 0 Å². The first-order chi connectivity index (χ1) is 6.16. The third kappa shape index (κ3) is 9.57. The summed E-state index contributed by atoms with van der Waals surface area (Å²) in [5.41, 5.74) is 0. The monoisotopic (exact) mass is 184 g/mol. The number of nitrogens with zero attached hydrogens (tertiary/aromatic N) is 1. The largest absolute Gasteiger partial charge is 0.315 e. The second kappa shape index (κ2) is 8.27. The highest BCUT2D eigenvalue weighted by Crippen LogP contribution is 1.87. The first kappa shape index (κ1) is 12.7. The van der Waals surface area contributed by atoms with Crippen LogP contribution in [0.5, 0.6) is 0 Å². The molecule has 0 aromatic rings. The Morgan fingerprint density at radius 2 is 2.08 bits per heavy atom. The molecule has 0 aliphatic rings. The van der Waals surface area contributed by atoms with E-state index in [2.05, 4.69) is 50.2 Å². The summed E-state index contributed by atoms with van der Waals surface area (Å²) >= 11 is 0. The van der Waals surface area contributed by atoms with Crippen molar-refractivity contribution in [2.45, 2.75) is 20.8 Å². The van der Waals surface area contributed by atoms with Crippen LogP contribution in [0.3, 0.4) is 0 Å². The summed E-state index contributed by atoms with van der Waals surface area (Å²) in [7, 11) is 2.15. The number of hydrogen-bond acceptors (Lipinski definition) is 2. The highest BCUT2D eigenvalue weighted by atomic mass is 15.1. The van der Waals surface area contributed by atoms with Crippen molar-refractivity contribution in [3.8, 4) is 0 Å². The molecule has 0 saturated carbocycles. The molecule has 0 aromatic heterocycles. The van der Waals surface area contributed by atoms with Gasteiger partial charge < -0.3 is 10.2 Å². The van der Waals surface area contributed by atoms with Crippen molar-refractivity contribution >= 4 is 0 Å². The zero-order valence-corrected chi connectivity index (χ0v) is 9.51. The number of likely N-dealkylation sites (N-methyl/N-ethyl adjacent to an activating group) is 1. The molecule has 78 valence electrons. The molecule has 0 aliphatic carbocycles. The van der Waals surface area contributed by atoms with Crippen LogP contribution in [0.2, 0.25) is 0 Å². The van der Waals surface area contributed by atoms with Crippen molar-refractivity contribution < 1.29 is 0 Å². The van der Waals surface area contributed by atoms with Gasteiger partial charge in [0.05, 0.1) is 0 Å². The standard InChI is InChI=1S/C11H24N2/c1-5-6-8-13(4)9-7-12-10-11(2)3/h5-6,11-12H,7-10H2,1-4H3/b6-5+. The predicted molar refractivity (Wildman–Crippen MR) is 60.0 cm³/mol. The topological polar surface area (TPSA) is 15.3 Å². The Hall–Kier alpha value is -0.340. The summed E-state index contributed by atoms with van der Waals surface area (Å²) in [6, 6.07) is 0. The average Bonchev–Trinajstić information content (AvgIpc) is 2.08. The zero-order chi connectivity index (χ0) is 10.1. The minimum absolute atomic E-state index is 0.751. The minimum Gasteiger partial charge on any atom is -0.315 e. The molecule has 0 atom stereocenters. The lowest BCUT2D eigenvalue weighted by Gasteiger charge is -2.15. The SMILES string of the molecule is C/C=C/CN(C)CCNCC(C)C. The van der Waals surface area contributed by atoms with Crippen LogP contribution in [0.1, 0.15) is 20.8 Å². The summed E-state index contributed by atoms with van der Waals surface area (Å²) < 4.78 is 0. The van der Waals surface area contributed by atoms with Gasteiger partial charge in [-0.3, -0.25) is 0 Å². The molecule has 0 bridgehead atoms. The van der Waals surface area contributed by atoms with Gasteiger partial charge in [0, 0.05) is 19.6 Å². The van der Waals surface area contributed by atoms with Crippen LogP contribution in [0.4, 0.5) is 0 Å². The number of nitrogens with one attached hydrogen (secondary N) is 1. The molecule has 2 heteroatoms. The maximum Gasteiger partial charge on any atom is 0.0160 e. The van der Waals surface area contributed by atoms with Gasteiger partial charge in [-0.1, -0.05) is 26.0 Å². The van der Waals surface area contributed by atoms with E-state index in [1.54, 1.807) is 0 Å². The highest BCUT2D eigenvalue weighted by Gasteiger charge is 1.95. The summed E-state index contributed by atoms with van der Waals surface area (Å²) in [6.07, 6.45) is 4.28. The van der Waals surface area contributed by atoms with Crippen molar-refractivity contribution in [1.29, 1.82) is 0 Å². The van der Waals surface area contributed by atoms with E-state index in [4.69, 9.17) is 0 Å². The van der Waals surface area contributed by atoms with Crippen LogP contribution in [0.25, 0.3) is 0 Å². The molecule has 0 spiro atoms. The number of hydrogen-bond donors (Lipinski definition) is 1. The molecule has 0 rings (SSSR count). The molecule has 2 nitrogen and oxygen atoms in total. The van der Waals surface area contributed by atoms with Crippen LogP contribution in [0, 0.1) is 5.92 Å². The first-order valence-electron chi connectivity index (χ1n) is 5.17. The van der Waals surface area contributed by atoms with E-state index in [1.807, 2.05) is 0 Å². The summed E-state index contributed by atoms with van der Waals surface area (Å²) in [6.45, 7) is 10.9. The molecule has 0 radical (unpaired) electrons. The van der Waals surface area contributed by atoms with Crippen LogP contribution < -0.4 is 5.32 Å². The number of allylic oxidation sites excluding steroid dienone is 1. The Bertz CT molecular complexity index is 130. The Morgan fingerprint density at radius 3 is 2.62 bits per heavy atom. The lowest BCUT2D eigenvalue weighted by atomic mass is 10.2. The second-order valence-corrected chi connectivity index (χ2v) is 3.93. The number of rotatable bonds is 7. The van der Waals surface area contributed by atoms with Crippen molar-refractivity contribution in [1.82, 2.24) is 10.2 Å². The van der Waals surface area contributed by atoms with Crippen molar-refractivity contribution in [3.63, 3.8) is 0 Å². The van der Waals surface area contributed by atoms with Crippen LogP contribution in [-0.2, 0) is 0 Å². The van der Waals surface area contributed by atoms with Gasteiger partial charge in [0.25, 0.3) is 0 Å². The minimum atomic E-state index is 0.751. The van der Waals surface area contributed by atoms with Crippen LogP contribution in [-0.4, -0.2) is 38.1 Å². The van der Waals surface area contributed by atoms with Crippen molar-refractivity contribution in [3.05, 3.63) is 12.2 Å². The van der Waals surface area contributed by atoms with E-state index in [0.717, 1.165) is 32.1 Å². The molecule has 0 amide bonds. The fraction of sp³-hybridized carbons (Fsp3) is 0.818. The third-order valence-corrected chi connectivity index (χ3v) is 1.88. The molecule has 13 heavy (non-hydrogen) atoms. The Morgan fingerprint density at radius 1 is 1.38 bits per heavy atom. The van der Waals surface area contributed by atoms with Gasteiger partial charge in [0.15, 0.2) is 0 Å². The Balaban J connectivity index is 3.21. The van der Waals surface area contributed by atoms with Gasteiger partial charge in [-0.15, -0.1) is 0 Å². The van der Waals surface area contributed by atoms with Gasteiger partial charge in [-0.2, -0.15) is 0 Å². The Kier molecular flexibility index (Phi) is 8.05. The van der Waals surface area contributed by atoms with Gasteiger partial charge in [-0.05, 0) is 26.4 Å². The molecule has 0 saturated heterocycles. The highest BCUT2D eigenvalue weighted by molar-refractivity contribution is 4.80. The molecule has 0 fully saturated rings. The molecule has 0 aliphatic heterocycles. The summed E-state index contributed by atoms with van der Waals surface area (Å²) in [5, 5.41) is 3.43. The van der Waals surface area contributed by atoms with Crippen LogP contribution in [0.15, 0.2) is 12.2 Å². The first-order valence-corrected chi connectivity index (χ1v) is 5.17.